The van der Waals surface area contributed by atoms with Crippen molar-refractivity contribution < 1.29 is 17.9 Å². The summed E-state index contributed by atoms with van der Waals surface area (Å²) in [4.78, 5) is 12.5. The normalized spacial score (nSPS) is 11.5. The van der Waals surface area contributed by atoms with E-state index in [4.69, 9.17) is 21.1 Å². The van der Waals surface area contributed by atoms with Gasteiger partial charge < -0.3 is 9.47 Å². The fourth-order valence-electron chi connectivity index (χ4n) is 3.39. The average molecular weight is 486 g/mol. The van der Waals surface area contributed by atoms with Gasteiger partial charge >= 0.3 is 0 Å². The molecule has 0 aliphatic carbocycles. The second-order valence-corrected chi connectivity index (χ2v) is 9.33. The molecule has 0 fully saturated rings. The summed E-state index contributed by atoms with van der Waals surface area (Å²) in [6.07, 6.45) is 0. The molecule has 0 spiro atoms. The Morgan fingerprint density at radius 3 is 2.42 bits per heavy atom. The second kappa shape index (κ2) is 9.22. The van der Waals surface area contributed by atoms with Gasteiger partial charge in [-0.1, -0.05) is 29.8 Å². The van der Waals surface area contributed by atoms with Gasteiger partial charge in [0.25, 0.3) is 5.56 Å². The van der Waals surface area contributed by atoms with E-state index in [9.17, 15) is 13.2 Å². The molecule has 1 heterocycles. The molecule has 8 nitrogen and oxygen atoms in total. The number of rotatable bonds is 7. The molecule has 0 saturated carbocycles. The average Bonchev–Trinajstić information content (AvgIpc) is 2.83. The first-order valence-electron chi connectivity index (χ1n) is 9.81. The van der Waals surface area contributed by atoms with Crippen molar-refractivity contribution >= 4 is 32.4 Å². The summed E-state index contributed by atoms with van der Waals surface area (Å²) in [5.41, 5.74) is 1.23. The van der Waals surface area contributed by atoms with Gasteiger partial charge in [0.1, 0.15) is 17.2 Å². The summed E-state index contributed by atoms with van der Waals surface area (Å²) < 4.78 is 38.8. The Balaban J connectivity index is 1.71. The maximum atomic E-state index is 12.9. The van der Waals surface area contributed by atoms with Gasteiger partial charge in [-0.15, -0.1) is 0 Å². The van der Waals surface area contributed by atoms with Crippen molar-refractivity contribution in [1.82, 2.24) is 14.9 Å². The number of sulfonamides is 1. The molecule has 1 aromatic heterocycles. The third-order valence-electron chi connectivity index (χ3n) is 5.11. The van der Waals surface area contributed by atoms with Crippen molar-refractivity contribution in [2.75, 3.05) is 14.2 Å². The number of H-pyrrole nitrogens is 1. The Morgan fingerprint density at radius 1 is 0.970 bits per heavy atom. The number of ether oxygens (including phenoxy) is 2. The number of benzene rings is 3. The van der Waals surface area contributed by atoms with E-state index in [1.807, 2.05) is 0 Å². The molecule has 0 atom stereocenters. The Bertz CT molecular complexity index is 1480. The van der Waals surface area contributed by atoms with Crippen LogP contribution in [0.2, 0.25) is 5.02 Å². The molecule has 0 amide bonds. The van der Waals surface area contributed by atoms with E-state index in [-0.39, 0.29) is 16.8 Å². The summed E-state index contributed by atoms with van der Waals surface area (Å²) in [6, 6.07) is 16.4. The number of aromatic nitrogens is 2. The summed E-state index contributed by atoms with van der Waals surface area (Å²) in [6.45, 7) is 0.0853. The zero-order chi connectivity index (χ0) is 23.6. The van der Waals surface area contributed by atoms with Crippen molar-refractivity contribution in [1.29, 1.82) is 0 Å². The Kier molecular flexibility index (Phi) is 6.37. The Labute approximate surface area is 195 Å². The van der Waals surface area contributed by atoms with Gasteiger partial charge in [0.05, 0.1) is 24.5 Å². The molecule has 0 radical (unpaired) electrons. The summed E-state index contributed by atoms with van der Waals surface area (Å²) in [7, 11) is -0.808. The molecule has 33 heavy (non-hydrogen) atoms. The standard InChI is InChI=1S/C23H20ClN3O5S/c1-31-16-6-3-14(4-7-16)13-25-33(29,30)17-8-9-18-19(12-17)23(28)27-26-22(18)20-11-15(24)5-10-21(20)32-2/h3-12,25H,13H2,1-2H3,(H,27,28). The topological polar surface area (TPSA) is 110 Å². The highest BCUT2D eigenvalue weighted by Crippen LogP contribution is 2.34. The first kappa shape index (κ1) is 22.8. The molecule has 0 bridgehead atoms. The monoisotopic (exact) mass is 485 g/mol. The van der Waals surface area contributed by atoms with Crippen molar-refractivity contribution in [3.8, 4) is 22.8 Å². The molecule has 0 unspecified atom stereocenters. The number of methoxy groups -OCH3 is 2. The number of fused-ring (bicyclic) bond motifs is 1. The van der Waals surface area contributed by atoms with Crippen LogP contribution in [0.15, 0.2) is 70.4 Å². The van der Waals surface area contributed by atoms with E-state index in [0.717, 1.165) is 5.56 Å². The minimum atomic E-state index is -3.88. The van der Waals surface area contributed by atoms with Crippen LogP contribution in [0.1, 0.15) is 5.56 Å². The van der Waals surface area contributed by atoms with Crippen molar-refractivity contribution in [2.45, 2.75) is 11.4 Å². The second-order valence-electron chi connectivity index (χ2n) is 7.13. The molecule has 0 saturated heterocycles. The van der Waals surface area contributed by atoms with E-state index in [1.165, 1.54) is 19.2 Å². The molecule has 0 aliphatic rings. The minimum Gasteiger partial charge on any atom is -0.497 e. The first-order chi connectivity index (χ1) is 15.8. The van der Waals surface area contributed by atoms with Crippen LogP contribution < -0.4 is 19.8 Å². The van der Waals surface area contributed by atoms with Gasteiger partial charge in [-0.2, -0.15) is 5.10 Å². The van der Waals surface area contributed by atoms with Gasteiger partial charge in [-0.05, 0) is 48.0 Å². The fourth-order valence-corrected chi connectivity index (χ4v) is 4.60. The van der Waals surface area contributed by atoms with Crippen LogP contribution in [-0.4, -0.2) is 32.8 Å². The SMILES string of the molecule is COc1ccc(CNS(=O)(=O)c2ccc3c(-c4cc(Cl)ccc4OC)n[nH]c(=O)c3c2)cc1. The predicted molar refractivity (Wildman–Crippen MR) is 126 cm³/mol. The Morgan fingerprint density at radius 2 is 1.73 bits per heavy atom. The maximum Gasteiger partial charge on any atom is 0.272 e. The Hall–Kier alpha value is -3.40. The summed E-state index contributed by atoms with van der Waals surface area (Å²) in [5, 5.41) is 7.69. The number of aromatic amines is 1. The molecule has 10 heteroatoms. The molecular formula is C23H20ClN3O5S. The van der Waals surface area contributed by atoms with E-state index in [2.05, 4.69) is 14.9 Å². The van der Waals surface area contributed by atoms with Gasteiger partial charge in [-0.25, -0.2) is 18.2 Å². The molecular weight excluding hydrogens is 466 g/mol. The van der Waals surface area contributed by atoms with Crippen molar-refractivity contribution in [3.63, 3.8) is 0 Å². The number of halogens is 1. The van der Waals surface area contributed by atoms with Crippen LogP contribution in [-0.2, 0) is 16.6 Å². The van der Waals surface area contributed by atoms with Gasteiger partial charge in [-0.3, -0.25) is 4.79 Å². The van der Waals surface area contributed by atoms with Gasteiger partial charge in [0.2, 0.25) is 10.0 Å². The third-order valence-corrected chi connectivity index (χ3v) is 6.75. The van der Waals surface area contributed by atoms with E-state index in [1.54, 1.807) is 55.6 Å². The molecule has 2 N–H and O–H groups in total. The minimum absolute atomic E-state index is 0.0378. The zero-order valence-electron chi connectivity index (χ0n) is 17.8. The smallest absolute Gasteiger partial charge is 0.272 e. The van der Waals surface area contributed by atoms with Crippen LogP contribution >= 0.6 is 11.6 Å². The summed E-state index contributed by atoms with van der Waals surface area (Å²) in [5.74, 6) is 1.19. The maximum absolute atomic E-state index is 12.9. The van der Waals surface area contributed by atoms with Crippen LogP contribution in [0.5, 0.6) is 11.5 Å². The highest BCUT2D eigenvalue weighted by molar-refractivity contribution is 7.89. The lowest BCUT2D eigenvalue weighted by Gasteiger charge is -2.12. The highest BCUT2D eigenvalue weighted by atomic mass is 35.5. The first-order valence-corrected chi connectivity index (χ1v) is 11.7. The third kappa shape index (κ3) is 4.70. The number of hydrogen-bond donors (Lipinski definition) is 2. The van der Waals surface area contributed by atoms with E-state index < -0.39 is 15.6 Å². The summed E-state index contributed by atoms with van der Waals surface area (Å²) >= 11 is 6.14. The van der Waals surface area contributed by atoms with Crippen molar-refractivity contribution in [2.24, 2.45) is 0 Å². The zero-order valence-corrected chi connectivity index (χ0v) is 19.3. The predicted octanol–water partition coefficient (Wildman–Crippen LogP) is 3.74. The lowest BCUT2D eigenvalue weighted by atomic mass is 10.0. The van der Waals surface area contributed by atoms with Crippen LogP contribution in [0, 0.1) is 0 Å². The number of nitrogens with one attached hydrogen (secondary N) is 2. The van der Waals surface area contributed by atoms with Crippen molar-refractivity contribution in [3.05, 3.63) is 81.6 Å². The molecule has 3 aromatic carbocycles. The number of nitrogens with zero attached hydrogens (tertiary/aromatic N) is 1. The lowest BCUT2D eigenvalue weighted by Crippen LogP contribution is -2.23. The van der Waals surface area contributed by atoms with Crippen LogP contribution in [0.4, 0.5) is 0 Å². The highest BCUT2D eigenvalue weighted by Gasteiger charge is 2.19. The number of hydrogen-bond acceptors (Lipinski definition) is 6. The molecule has 0 aliphatic heterocycles. The molecule has 170 valence electrons. The largest absolute Gasteiger partial charge is 0.497 e. The quantitative estimate of drug-likeness (QED) is 0.412. The van der Waals surface area contributed by atoms with Gasteiger partial charge in [0.15, 0.2) is 0 Å². The van der Waals surface area contributed by atoms with Gasteiger partial charge in [0, 0.05) is 22.5 Å². The van der Waals surface area contributed by atoms with E-state index >= 15 is 0 Å². The lowest BCUT2D eigenvalue weighted by molar-refractivity contribution is 0.414. The van der Waals surface area contributed by atoms with E-state index in [0.29, 0.717) is 33.2 Å². The van der Waals surface area contributed by atoms with Crippen LogP contribution in [0.3, 0.4) is 0 Å². The molecule has 4 rings (SSSR count). The van der Waals surface area contributed by atoms with Crippen LogP contribution in [0.25, 0.3) is 22.0 Å². The molecule has 4 aromatic rings. The fraction of sp³-hybridized carbons (Fsp3) is 0.130.